The molecule has 0 fully saturated rings. The second-order valence-corrected chi connectivity index (χ2v) is 4.36. The fourth-order valence-electron chi connectivity index (χ4n) is 1.63. The molecule has 100 valence electrons. The molecule has 2 nitrogen and oxygen atoms in total. The minimum atomic E-state index is -0.855. The maximum Gasteiger partial charge on any atom is 0.159 e. The molecule has 0 heterocycles. The van der Waals surface area contributed by atoms with Crippen molar-refractivity contribution >= 4 is 17.3 Å². The molecule has 5 heteroatoms. The first-order chi connectivity index (χ1) is 9.10. The molecule has 1 N–H and O–H groups in total. The highest BCUT2D eigenvalue weighted by Crippen LogP contribution is 2.27. The van der Waals surface area contributed by atoms with Gasteiger partial charge in [0.25, 0.3) is 0 Å². The molecule has 0 saturated carbocycles. The smallest absolute Gasteiger partial charge is 0.159 e. The fourth-order valence-corrected chi connectivity index (χ4v) is 1.89. The van der Waals surface area contributed by atoms with Gasteiger partial charge in [-0.05, 0) is 35.9 Å². The molecule has 0 radical (unpaired) electrons. The lowest BCUT2D eigenvalue weighted by molar-refractivity contribution is 0.415. The van der Waals surface area contributed by atoms with E-state index in [-0.39, 0.29) is 0 Å². The molecular weight excluding hydrogens is 272 g/mol. The Morgan fingerprint density at radius 1 is 1.11 bits per heavy atom. The maximum atomic E-state index is 13.0. The average molecular weight is 284 g/mol. The number of methoxy groups -OCH3 is 1. The Hall–Kier alpha value is -1.81. The molecule has 2 aromatic carbocycles. The normalized spacial score (nSPS) is 10.3. The Kier molecular flexibility index (Phi) is 4.22. The van der Waals surface area contributed by atoms with Gasteiger partial charge >= 0.3 is 0 Å². The van der Waals surface area contributed by atoms with Crippen molar-refractivity contribution in [2.45, 2.75) is 6.54 Å². The summed E-state index contributed by atoms with van der Waals surface area (Å²) in [6.07, 6.45) is 0. The van der Waals surface area contributed by atoms with Crippen LogP contribution < -0.4 is 10.1 Å². The summed E-state index contributed by atoms with van der Waals surface area (Å²) < 4.78 is 30.8. The van der Waals surface area contributed by atoms with Gasteiger partial charge in [-0.2, -0.15) is 0 Å². The molecular formula is C14H12ClF2NO. The first-order valence-corrected chi connectivity index (χ1v) is 5.99. The lowest BCUT2D eigenvalue weighted by Gasteiger charge is -2.09. The third-order valence-electron chi connectivity index (χ3n) is 2.63. The van der Waals surface area contributed by atoms with Crippen LogP contribution in [0.3, 0.4) is 0 Å². The van der Waals surface area contributed by atoms with Crippen LogP contribution in [0.15, 0.2) is 36.4 Å². The molecule has 0 aliphatic rings. The summed E-state index contributed by atoms with van der Waals surface area (Å²) in [5.74, 6) is -1.12. The Labute approximate surface area is 115 Å². The van der Waals surface area contributed by atoms with Gasteiger partial charge in [0.15, 0.2) is 11.6 Å². The summed E-state index contributed by atoms with van der Waals surface area (Å²) in [5.41, 5.74) is 1.42. The predicted octanol–water partition coefficient (Wildman–Crippen LogP) is 4.24. The first kappa shape index (κ1) is 13.6. The van der Waals surface area contributed by atoms with E-state index < -0.39 is 11.6 Å². The maximum absolute atomic E-state index is 13.0. The lowest BCUT2D eigenvalue weighted by Crippen LogP contribution is -2.00. The molecule has 2 aromatic rings. The molecule has 0 aliphatic carbocycles. The molecule has 0 unspecified atom stereocenters. The van der Waals surface area contributed by atoms with Crippen molar-refractivity contribution in [2.24, 2.45) is 0 Å². The highest BCUT2D eigenvalue weighted by atomic mass is 35.5. The van der Waals surface area contributed by atoms with Crippen LogP contribution in [0.4, 0.5) is 14.5 Å². The van der Waals surface area contributed by atoms with Crippen LogP contribution in [0.5, 0.6) is 5.75 Å². The number of nitrogens with one attached hydrogen (secondary N) is 1. The van der Waals surface area contributed by atoms with E-state index in [2.05, 4.69) is 5.32 Å². The monoisotopic (exact) mass is 283 g/mol. The highest BCUT2D eigenvalue weighted by molar-refractivity contribution is 6.32. The SMILES string of the molecule is COc1ccc(NCc2ccc(F)c(F)c2)cc1Cl. The highest BCUT2D eigenvalue weighted by Gasteiger charge is 2.04. The number of hydrogen-bond acceptors (Lipinski definition) is 2. The molecule has 0 atom stereocenters. The van der Waals surface area contributed by atoms with Crippen LogP contribution in [-0.2, 0) is 6.54 Å². The van der Waals surface area contributed by atoms with Crippen LogP contribution in [-0.4, -0.2) is 7.11 Å². The quantitative estimate of drug-likeness (QED) is 0.906. The van der Waals surface area contributed by atoms with E-state index in [1.807, 2.05) is 0 Å². The second kappa shape index (κ2) is 5.89. The summed E-state index contributed by atoms with van der Waals surface area (Å²) in [7, 11) is 1.54. The van der Waals surface area contributed by atoms with Gasteiger partial charge in [0.2, 0.25) is 0 Å². The van der Waals surface area contributed by atoms with E-state index >= 15 is 0 Å². The van der Waals surface area contributed by atoms with E-state index in [9.17, 15) is 8.78 Å². The number of rotatable bonds is 4. The molecule has 2 rings (SSSR count). The zero-order chi connectivity index (χ0) is 13.8. The number of ether oxygens (including phenoxy) is 1. The van der Waals surface area contributed by atoms with Gasteiger partial charge in [0, 0.05) is 12.2 Å². The Morgan fingerprint density at radius 2 is 1.89 bits per heavy atom. The first-order valence-electron chi connectivity index (χ1n) is 5.61. The van der Waals surface area contributed by atoms with Crippen molar-refractivity contribution in [1.29, 1.82) is 0 Å². The minimum Gasteiger partial charge on any atom is -0.495 e. The van der Waals surface area contributed by atoms with Gasteiger partial charge in [0.05, 0.1) is 12.1 Å². The molecule has 0 saturated heterocycles. The molecule has 0 spiro atoms. The largest absolute Gasteiger partial charge is 0.495 e. The van der Waals surface area contributed by atoms with E-state index in [4.69, 9.17) is 16.3 Å². The fraction of sp³-hybridized carbons (Fsp3) is 0.143. The molecule has 0 aliphatic heterocycles. The number of hydrogen-bond donors (Lipinski definition) is 1. The van der Waals surface area contributed by atoms with E-state index in [0.29, 0.717) is 22.9 Å². The topological polar surface area (TPSA) is 21.3 Å². The minimum absolute atomic E-state index is 0.375. The van der Waals surface area contributed by atoms with Crippen molar-refractivity contribution in [2.75, 3.05) is 12.4 Å². The van der Waals surface area contributed by atoms with E-state index in [1.165, 1.54) is 13.2 Å². The van der Waals surface area contributed by atoms with Gasteiger partial charge in [-0.3, -0.25) is 0 Å². The van der Waals surface area contributed by atoms with E-state index in [1.54, 1.807) is 18.2 Å². The third-order valence-corrected chi connectivity index (χ3v) is 2.93. The van der Waals surface area contributed by atoms with Crippen molar-refractivity contribution < 1.29 is 13.5 Å². The second-order valence-electron chi connectivity index (χ2n) is 3.95. The van der Waals surface area contributed by atoms with Crippen LogP contribution in [0.2, 0.25) is 5.02 Å². The third kappa shape index (κ3) is 3.35. The summed E-state index contributed by atoms with van der Waals surface area (Å²) in [6.45, 7) is 0.375. The summed E-state index contributed by atoms with van der Waals surface area (Å²) in [6, 6.07) is 9.03. The molecule has 0 bridgehead atoms. The summed E-state index contributed by atoms with van der Waals surface area (Å²) >= 11 is 5.98. The van der Waals surface area contributed by atoms with E-state index in [0.717, 1.165) is 17.8 Å². The van der Waals surface area contributed by atoms with Crippen molar-refractivity contribution in [3.63, 3.8) is 0 Å². The molecule has 0 aromatic heterocycles. The van der Waals surface area contributed by atoms with Gasteiger partial charge in [0.1, 0.15) is 5.75 Å². The van der Waals surface area contributed by atoms with Crippen molar-refractivity contribution in [3.05, 3.63) is 58.6 Å². The Bertz CT molecular complexity index is 590. The van der Waals surface area contributed by atoms with Crippen LogP contribution >= 0.6 is 11.6 Å². The van der Waals surface area contributed by atoms with Gasteiger partial charge in [-0.15, -0.1) is 0 Å². The predicted molar refractivity (Wildman–Crippen MR) is 71.7 cm³/mol. The average Bonchev–Trinajstić information content (AvgIpc) is 2.40. The van der Waals surface area contributed by atoms with Crippen molar-refractivity contribution in [3.8, 4) is 5.75 Å². The van der Waals surface area contributed by atoms with Crippen molar-refractivity contribution in [1.82, 2.24) is 0 Å². The number of halogens is 3. The zero-order valence-corrected chi connectivity index (χ0v) is 11.0. The lowest BCUT2D eigenvalue weighted by atomic mass is 10.2. The van der Waals surface area contributed by atoms with Gasteiger partial charge in [-0.1, -0.05) is 17.7 Å². The molecule has 19 heavy (non-hydrogen) atoms. The van der Waals surface area contributed by atoms with Gasteiger partial charge in [-0.25, -0.2) is 8.78 Å². The summed E-state index contributed by atoms with van der Waals surface area (Å²) in [5, 5.41) is 3.55. The standard InChI is InChI=1S/C14H12ClF2NO/c1-19-14-5-3-10(7-11(14)15)18-8-9-2-4-12(16)13(17)6-9/h2-7,18H,8H2,1H3. The summed E-state index contributed by atoms with van der Waals surface area (Å²) in [4.78, 5) is 0. The van der Waals surface area contributed by atoms with Gasteiger partial charge < -0.3 is 10.1 Å². The number of benzene rings is 2. The number of anilines is 1. The Morgan fingerprint density at radius 3 is 2.53 bits per heavy atom. The van der Waals surface area contributed by atoms with Crippen LogP contribution in [0.1, 0.15) is 5.56 Å². The zero-order valence-electron chi connectivity index (χ0n) is 10.2. The Balaban J connectivity index is 2.05. The van der Waals surface area contributed by atoms with Crippen LogP contribution in [0, 0.1) is 11.6 Å². The van der Waals surface area contributed by atoms with Crippen LogP contribution in [0.25, 0.3) is 0 Å². The molecule has 0 amide bonds.